The monoisotopic (exact) mass is 257 g/mol. The number of aromatic nitrogens is 1. The molecule has 0 aliphatic heterocycles. The van der Waals surface area contributed by atoms with Gasteiger partial charge in [-0.1, -0.05) is 61.2 Å². The molecule has 1 heterocycles. The average molecular weight is 257 g/mol. The maximum absolute atomic E-state index is 4.46. The number of hydrogen-bond donors (Lipinski definition) is 0. The van der Waals surface area contributed by atoms with Gasteiger partial charge in [-0.15, -0.1) is 0 Å². The molecule has 1 aromatic heterocycles. The molecular weight excluding hydrogens is 242 g/mol. The van der Waals surface area contributed by atoms with Crippen molar-refractivity contribution >= 4 is 6.08 Å². The smallest absolute Gasteiger partial charge is 0.0708 e. The quantitative estimate of drug-likeness (QED) is 0.639. The lowest BCUT2D eigenvalue weighted by atomic mass is 9.96. The van der Waals surface area contributed by atoms with E-state index in [0.29, 0.717) is 0 Å². The number of hydrogen-bond acceptors (Lipinski definition) is 1. The number of rotatable bonds is 3. The average Bonchev–Trinajstić information content (AvgIpc) is 2.56. The van der Waals surface area contributed by atoms with Crippen LogP contribution in [0.25, 0.3) is 28.5 Å². The third-order valence-corrected chi connectivity index (χ3v) is 3.30. The highest BCUT2D eigenvalue weighted by Crippen LogP contribution is 2.31. The van der Waals surface area contributed by atoms with Crippen molar-refractivity contribution in [3.05, 3.63) is 85.1 Å². The first-order valence-corrected chi connectivity index (χ1v) is 6.62. The van der Waals surface area contributed by atoms with Crippen LogP contribution in [0.5, 0.6) is 0 Å². The van der Waals surface area contributed by atoms with Crippen molar-refractivity contribution < 1.29 is 0 Å². The lowest BCUT2D eigenvalue weighted by Crippen LogP contribution is -1.87. The second-order valence-corrected chi connectivity index (χ2v) is 4.59. The first-order chi connectivity index (χ1) is 9.88. The van der Waals surface area contributed by atoms with Gasteiger partial charge in [0.2, 0.25) is 0 Å². The molecule has 20 heavy (non-hydrogen) atoms. The van der Waals surface area contributed by atoms with E-state index in [4.69, 9.17) is 0 Å². The molecule has 1 nitrogen and oxygen atoms in total. The van der Waals surface area contributed by atoms with E-state index in [-0.39, 0.29) is 0 Å². The summed E-state index contributed by atoms with van der Waals surface area (Å²) in [6.07, 6.45) is 3.69. The van der Waals surface area contributed by atoms with Crippen LogP contribution in [0.2, 0.25) is 0 Å². The van der Waals surface area contributed by atoms with E-state index < -0.39 is 0 Å². The van der Waals surface area contributed by atoms with E-state index in [1.807, 2.05) is 36.5 Å². The molecular formula is C19H15N. The summed E-state index contributed by atoms with van der Waals surface area (Å²) in [6.45, 7) is 3.83. The van der Waals surface area contributed by atoms with Crippen molar-refractivity contribution in [2.24, 2.45) is 0 Å². The van der Waals surface area contributed by atoms with E-state index in [2.05, 4.69) is 54.0 Å². The molecule has 3 aromatic rings. The third-order valence-electron chi connectivity index (χ3n) is 3.30. The molecule has 0 atom stereocenters. The summed E-state index contributed by atoms with van der Waals surface area (Å²) in [6, 6.07) is 22.7. The fraction of sp³-hybridized carbons (Fsp3) is 0. The minimum Gasteiger partial charge on any atom is -0.256 e. The second kappa shape index (κ2) is 5.54. The minimum absolute atomic E-state index is 0.993. The van der Waals surface area contributed by atoms with Gasteiger partial charge in [0.1, 0.15) is 0 Å². The lowest BCUT2D eigenvalue weighted by molar-refractivity contribution is 1.33. The normalized spacial score (nSPS) is 10.2. The number of benzene rings is 2. The molecule has 0 spiro atoms. The maximum atomic E-state index is 4.46. The molecule has 0 fully saturated rings. The Balaban J connectivity index is 2.17. The van der Waals surface area contributed by atoms with Crippen LogP contribution in [0, 0.1) is 0 Å². The van der Waals surface area contributed by atoms with E-state index in [0.717, 1.165) is 16.8 Å². The highest BCUT2D eigenvalue weighted by molar-refractivity contribution is 5.82. The Morgan fingerprint density at radius 3 is 2.35 bits per heavy atom. The van der Waals surface area contributed by atoms with E-state index in [9.17, 15) is 0 Å². The van der Waals surface area contributed by atoms with Crippen LogP contribution in [0.15, 0.2) is 79.5 Å². The Hall–Kier alpha value is -2.67. The summed E-state index contributed by atoms with van der Waals surface area (Å²) in [5.74, 6) is 0. The Morgan fingerprint density at radius 2 is 1.60 bits per heavy atom. The molecule has 2 aromatic carbocycles. The summed E-state index contributed by atoms with van der Waals surface area (Å²) in [7, 11) is 0. The highest BCUT2D eigenvalue weighted by Gasteiger charge is 2.07. The van der Waals surface area contributed by atoms with Gasteiger partial charge in [0.25, 0.3) is 0 Å². The van der Waals surface area contributed by atoms with Gasteiger partial charge in [-0.25, -0.2) is 0 Å². The Labute approximate surface area is 119 Å². The molecule has 0 N–H and O–H groups in total. The molecule has 1 heteroatoms. The Bertz CT molecular complexity index is 730. The zero-order valence-electron chi connectivity index (χ0n) is 11.2. The zero-order valence-corrected chi connectivity index (χ0v) is 11.2. The Morgan fingerprint density at radius 1 is 0.800 bits per heavy atom. The van der Waals surface area contributed by atoms with Crippen molar-refractivity contribution in [1.82, 2.24) is 4.98 Å². The van der Waals surface area contributed by atoms with Crippen LogP contribution in [-0.4, -0.2) is 4.98 Å². The molecule has 0 unspecified atom stereocenters. The van der Waals surface area contributed by atoms with Crippen molar-refractivity contribution in [2.75, 3.05) is 0 Å². The minimum atomic E-state index is 0.993. The summed E-state index contributed by atoms with van der Waals surface area (Å²) in [5.41, 5.74) is 5.64. The standard InChI is InChI=1S/C19H15N/c1-2-15-8-7-9-16(14-15)17-10-3-4-11-18(17)19-12-5-6-13-20-19/h2-14H,1H2. The fourth-order valence-electron chi connectivity index (χ4n) is 2.31. The van der Waals surface area contributed by atoms with Gasteiger partial charge in [0.15, 0.2) is 0 Å². The summed E-state index contributed by atoms with van der Waals surface area (Å²) in [4.78, 5) is 4.46. The van der Waals surface area contributed by atoms with Crippen LogP contribution in [0.4, 0.5) is 0 Å². The second-order valence-electron chi connectivity index (χ2n) is 4.59. The summed E-state index contributed by atoms with van der Waals surface area (Å²) >= 11 is 0. The van der Waals surface area contributed by atoms with Gasteiger partial charge in [0.05, 0.1) is 5.69 Å². The predicted octanol–water partition coefficient (Wildman–Crippen LogP) is 5.06. The van der Waals surface area contributed by atoms with Crippen LogP contribution in [0.3, 0.4) is 0 Å². The van der Waals surface area contributed by atoms with Gasteiger partial charge in [-0.3, -0.25) is 4.98 Å². The largest absolute Gasteiger partial charge is 0.256 e. The Kier molecular flexibility index (Phi) is 3.42. The molecule has 0 amide bonds. The third kappa shape index (κ3) is 2.39. The predicted molar refractivity (Wildman–Crippen MR) is 85.2 cm³/mol. The highest BCUT2D eigenvalue weighted by atomic mass is 14.7. The van der Waals surface area contributed by atoms with Crippen LogP contribution in [-0.2, 0) is 0 Å². The summed E-state index contributed by atoms with van der Waals surface area (Å²) < 4.78 is 0. The van der Waals surface area contributed by atoms with Gasteiger partial charge >= 0.3 is 0 Å². The van der Waals surface area contributed by atoms with E-state index in [1.54, 1.807) is 0 Å². The van der Waals surface area contributed by atoms with Crippen molar-refractivity contribution in [2.45, 2.75) is 0 Å². The SMILES string of the molecule is C=Cc1cccc(-c2ccccc2-c2ccccn2)c1. The first kappa shape index (κ1) is 12.4. The van der Waals surface area contributed by atoms with Crippen LogP contribution < -0.4 is 0 Å². The molecule has 0 radical (unpaired) electrons. The molecule has 0 aliphatic rings. The first-order valence-electron chi connectivity index (χ1n) is 6.62. The maximum Gasteiger partial charge on any atom is 0.0708 e. The topological polar surface area (TPSA) is 12.9 Å². The fourth-order valence-corrected chi connectivity index (χ4v) is 2.31. The lowest BCUT2D eigenvalue weighted by Gasteiger charge is -2.10. The molecule has 3 rings (SSSR count). The van der Waals surface area contributed by atoms with Gasteiger partial charge in [-0.05, 0) is 34.9 Å². The van der Waals surface area contributed by atoms with Gasteiger partial charge in [0, 0.05) is 11.8 Å². The van der Waals surface area contributed by atoms with E-state index >= 15 is 0 Å². The van der Waals surface area contributed by atoms with E-state index in [1.165, 1.54) is 11.1 Å². The zero-order chi connectivity index (χ0) is 13.8. The molecule has 0 saturated heterocycles. The van der Waals surface area contributed by atoms with Gasteiger partial charge < -0.3 is 0 Å². The summed E-state index contributed by atoms with van der Waals surface area (Å²) in [5, 5.41) is 0. The number of pyridine rings is 1. The van der Waals surface area contributed by atoms with Crippen LogP contribution in [0.1, 0.15) is 5.56 Å². The van der Waals surface area contributed by atoms with Crippen LogP contribution >= 0.6 is 0 Å². The molecule has 96 valence electrons. The number of nitrogens with zero attached hydrogens (tertiary/aromatic N) is 1. The van der Waals surface area contributed by atoms with Crippen molar-refractivity contribution in [3.63, 3.8) is 0 Å². The van der Waals surface area contributed by atoms with Crippen molar-refractivity contribution in [3.8, 4) is 22.4 Å². The molecule has 0 aliphatic carbocycles. The molecule has 0 bridgehead atoms. The van der Waals surface area contributed by atoms with Gasteiger partial charge in [-0.2, -0.15) is 0 Å². The molecule has 0 saturated carbocycles. The van der Waals surface area contributed by atoms with Crippen molar-refractivity contribution in [1.29, 1.82) is 0 Å².